The smallest absolute Gasteiger partial charge is 0.341 e. The molecule has 0 aromatic carbocycles. The topological polar surface area (TPSA) is 116 Å². The number of amides is 3. The van der Waals surface area contributed by atoms with Crippen LogP contribution in [-0.4, -0.2) is 33.9 Å². The zero-order valence-corrected chi connectivity index (χ0v) is 8.17. The minimum Gasteiger partial charge on any atom is -0.341 e. The molecule has 13 heavy (non-hydrogen) atoms. The summed E-state index contributed by atoms with van der Waals surface area (Å²) in [5.74, 6) is -1.24. The van der Waals surface area contributed by atoms with Crippen molar-refractivity contribution in [3.63, 3.8) is 0 Å². The molecule has 0 aromatic heterocycles. The Balaban J connectivity index is 4.29. The number of alkyl halides is 1. The Bertz CT molecular complexity index is 263. The molecule has 0 rings (SSSR count). The molecule has 0 unspecified atom stereocenters. The monoisotopic (exact) mass is 230 g/mol. The van der Waals surface area contributed by atoms with E-state index in [2.05, 4.69) is 0 Å². The fourth-order valence-electron chi connectivity index (χ4n) is 0.387. The normalized spacial score (nSPS) is 13.2. The third-order valence-corrected chi connectivity index (χ3v) is 2.76. The van der Waals surface area contributed by atoms with Crippen molar-refractivity contribution in [3.05, 3.63) is 0 Å². The lowest BCUT2D eigenvalue weighted by Gasteiger charge is -2.10. The highest BCUT2D eigenvalue weighted by Crippen LogP contribution is 2.43. The molecule has 0 aliphatic carbocycles. The average Bonchev–Trinajstić information content (AvgIpc) is 2.01. The van der Waals surface area contributed by atoms with Gasteiger partial charge < -0.3 is 15.1 Å². The first-order valence-corrected chi connectivity index (χ1v) is 5.12. The van der Waals surface area contributed by atoms with Crippen molar-refractivity contribution in [2.75, 3.05) is 7.05 Å². The largest absolute Gasteiger partial charge is 0.352 e. The van der Waals surface area contributed by atoms with E-state index in [1.165, 1.54) is 7.05 Å². The van der Waals surface area contributed by atoms with E-state index in [1.54, 1.807) is 5.32 Å². The van der Waals surface area contributed by atoms with Crippen LogP contribution in [0.4, 0.5) is 4.79 Å². The van der Waals surface area contributed by atoms with Crippen molar-refractivity contribution >= 4 is 31.1 Å². The van der Waals surface area contributed by atoms with E-state index < -0.39 is 24.7 Å². The number of imide groups is 1. The predicted octanol–water partition coefficient (Wildman–Crippen LogP) is -0.815. The maximum atomic E-state index is 10.8. The van der Waals surface area contributed by atoms with Crippen LogP contribution in [0.3, 0.4) is 0 Å². The Morgan fingerprint density at radius 2 is 1.92 bits per heavy atom. The quantitative estimate of drug-likeness (QED) is 0.366. The lowest BCUT2D eigenvalue weighted by molar-refractivity contribution is -0.118. The molecule has 4 N–H and O–H groups in total. The summed E-state index contributed by atoms with van der Waals surface area (Å²) in [5, 5.41) is 1.59. The highest BCUT2D eigenvalue weighted by molar-refractivity contribution is 7.55. The predicted molar refractivity (Wildman–Crippen MR) is 44.3 cm³/mol. The van der Waals surface area contributed by atoms with E-state index in [0.717, 1.165) is 0 Å². The number of nitrogens with one attached hydrogen (secondary N) is 2. The first-order valence-electron chi connectivity index (χ1n) is 3.01. The molecule has 0 saturated carbocycles. The van der Waals surface area contributed by atoms with Gasteiger partial charge in [-0.1, -0.05) is 11.6 Å². The van der Waals surface area contributed by atoms with Gasteiger partial charge in [-0.3, -0.25) is 14.7 Å². The van der Waals surface area contributed by atoms with E-state index >= 15 is 0 Å². The summed E-state index contributed by atoms with van der Waals surface area (Å²) in [5.41, 5.74) is 0. The third-order valence-electron chi connectivity index (χ3n) is 0.975. The number of hydrogen-bond donors (Lipinski definition) is 4. The zero-order valence-electron chi connectivity index (χ0n) is 6.52. The molecule has 1 atom stereocenters. The lowest BCUT2D eigenvalue weighted by atomic mass is 10.7. The molecule has 0 aliphatic heterocycles. The molecule has 0 spiro atoms. The van der Waals surface area contributed by atoms with Crippen molar-refractivity contribution < 1.29 is 23.9 Å². The van der Waals surface area contributed by atoms with Gasteiger partial charge >= 0.3 is 13.6 Å². The van der Waals surface area contributed by atoms with Gasteiger partial charge in [0.15, 0.2) is 0 Å². The van der Waals surface area contributed by atoms with Crippen LogP contribution < -0.4 is 10.6 Å². The van der Waals surface area contributed by atoms with E-state index in [0.29, 0.717) is 0 Å². The molecule has 0 bridgehead atoms. The fraction of sp³-hybridized carbons (Fsp3) is 0.500. The Morgan fingerprint density at radius 3 is 2.23 bits per heavy atom. The van der Waals surface area contributed by atoms with Crippen molar-refractivity contribution in [3.8, 4) is 0 Å². The number of hydrogen-bond acceptors (Lipinski definition) is 3. The van der Waals surface area contributed by atoms with Gasteiger partial charge in [0.1, 0.15) is 0 Å². The van der Waals surface area contributed by atoms with Crippen LogP contribution in [0, 0.1) is 0 Å². The van der Waals surface area contributed by atoms with Gasteiger partial charge in [0.2, 0.25) is 5.12 Å². The SMILES string of the molecule is CNC(=O)NC(=O)[C@H](Cl)P(=O)(O)O. The van der Waals surface area contributed by atoms with Gasteiger partial charge in [0.25, 0.3) is 5.91 Å². The molecule has 0 aromatic rings. The maximum Gasteiger partial charge on any atom is 0.352 e. The molecular formula is C4H8ClN2O5P. The van der Waals surface area contributed by atoms with E-state index in [9.17, 15) is 14.2 Å². The van der Waals surface area contributed by atoms with Crippen LogP contribution in [0.1, 0.15) is 0 Å². The Labute approximate surface area is 78.6 Å². The second-order valence-electron chi connectivity index (χ2n) is 1.99. The highest BCUT2D eigenvalue weighted by atomic mass is 35.5. The molecule has 0 aliphatic rings. The summed E-state index contributed by atoms with van der Waals surface area (Å²) in [7, 11) is -3.47. The number of urea groups is 1. The summed E-state index contributed by atoms with van der Waals surface area (Å²) in [4.78, 5) is 38.1. The van der Waals surface area contributed by atoms with Crippen LogP contribution >= 0.6 is 19.2 Å². The van der Waals surface area contributed by atoms with Crippen LogP contribution in [0.15, 0.2) is 0 Å². The summed E-state index contributed by atoms with van der Waals surface area (Å²) in [6, 6.07) is -0.885. The lowest BCUT2D eigenvalue weighted by Crippen LogP contribution is -2.41. The summed E-state index contributed by atoms with van der Waals surface area (Å²) >= 11 is 5.05. The van der Waals surface area contributed by atoms with Gasteiger partial charge in [-0.25, -0.2) is 4.79 Å². The first-order chi connectivity index (χ1) is 5.79. The van der Waals surface area contributed by atoms with Gasteiger partial charge in [-0.05, 0) is 0 Å². The summed E-state index contributed by atoms with van der Waals surface area (Å²) in [6.07, 6.45) is 0. The average molecular weight is 231 g/mol. The number of rotatable bonds is 2. The second-order valence-corrected chi connectivity index (χ2v) is 4.43. The minimum absolute atomic E-state index is 0.885. The second kappa shape index (κ2) is 4.57. The Kier molecular flexibility index (Phi) is 4.35. The highest BCUT2D eigenvalue weighted by Gasteiger charge is 2.34. The summed E-state index contributed by atoms with van der Waals surface area (Å²) in [6.45, 7) is 0. The van der Waals surface area contributed by atoms with Gasteiger partial charge in [-0.15, -0.1) is 0 Å². The van der Waals surface area contributed by atoms with Crippen molar-refractivity contribution in [1.29, 1.82) is 0 Å². The standard InChI is InChI=1S/C4H8ClN2O5P/c1-6-4(9)7-3(8)2(5)13(10,11)12/h2H,1H3,(H2,10,11,12)(H2,6,7,8,9)/t2-/m1/s1. The third kappa shape index (κ3) is 4.23. The van der Waals surface area contributed by atoms with Crippen LogP contribution in [0.5, 0.6) is 0 Å². The molecule has 0 heterocycles. The van der Waals surface area contributed by atoms with Crippen molar-refractivity contribution in [2.45, 2.75) is 5.12 Å². The van der Waals surface area contributed by atoms with Gasteiger partial charge in [0.05, 0.1) is 0 Å². The van der Waals surface area contributed by atoms with Crippen LogP contribution in [0.2, 0.25) is 0 Å². The number of carbonyl (C=O) groups excluding carboxylic acids is 2. The van der Waals surface area contributed by atoms with Crippen LogP contribution in [0.25, 0.3) is 0 Å². The van der Waals surface area contributed by atoms with Gasteiger partial charge in [-0.2, -0.15) is 0 Å². The Hall–Kier alpha value is -0.620. The van der Waals surface area contributed by atoms with Crippen molar-refractivity contribution in [1.82, 2.24) is 10.6 Å². The number of halogens is 1. The molecule has 0 fully saturated rings. The molecule has 3 amide bonds. The maximum absolute atomic E-state index is 10.8. The van der Waals surface area contributed by atoms with E-state index in [1.807, 2.05) is 5.32 Å². The Morgan fingerprint density at radius 1 is 1.46 bits per heavy atom. The molecule has 7 nitrogen and oxygen atoms in total. The van der Waals surface area contributed by atoms with E-state index in [4.69, 9.17) is 21.4 Å². The van der Waals surface area contributed by atoms with Crippen LogP contribution in [-0.2, 0) is 9.36 Å². The minimum atomic E-state index is -4.71. The van der Waals surface area contributed by atoms with Crippen molar-refractivity contribution in [2.24, 2.45) is 0 Å². The molecular weight excluding hydrogens is 222 g/mol. The van der Waals surface area contributed by atoms with E-state index in [-0.39, 0.29) is 0 Å². The summed E-state index contributed by atoms with van der Waals surface area (Å²) < 4.78 is 10.4. The van der Waals surface area contributed by atoms with Gasteiger partial charge in [0, 0.05) is 7.05 Å². The molecule has 0 radical (unpaired) electrons. The molecule has 76 valence electrons. The first kappa shape index (κ1) is 12.4. The zero-order chi connectivity index (χ0) is 10.6. The number of carbonyl (C=O) groups is 2. The molecule has 9 heteroatoms. The molecule has 0 saturated heterocycles. The fourth-order valence-corrected chi connectivity index (χ4v) is 0.811.